The molecule has 0 bridgehead atoms. The maximum absolute atomic E-state index is 14.0. The van der Waals surface area contributed by atoms with Crippen LogP contribution >= 0.6 is 11.3 Å². The second-order valence-electron chi connectivity index (χ2n) is 9.42. The molecule has 2 aromatic carbocycles. The largest absolute Gasteiger partial charge is 0.492 e. The first-order valence-electron chi connectivity index (χ1n) is 12.0. The highest BCUT2D eigenvalue weighted by Crippen LogP contribution is 2.41. The molecule has 0 radical (unpaired) electrons. The van der Waals surface area contributed by atoms with E-state index in [0.717, 1.165) is 17.4 Å². The molecule has 0 saturated carbocycles. The van der Waals surface area contributed by atoms with Crippen molar-refractivity contribution in [3.8, 4) is 5.88 Å². The van der Waals surface area contributed by atoms with Crippen molar-refractivity contribution < 1.29 is 36.2 Å². The Morgan fingerprint density at radius 2 is 1.82 bits per heavy atom. The Labute approximate surface area is 227 Å². The standard InChI is InChI=1S/C26H21F6N5O2S/c1-13-23(39)36(2)7-8-37(13)24-34-22(38)21(40-24)18(14-4-6-20-16(9-14)12-33-35-20)10-15-3-5-17(25(27,28)29)11-19(15)26(30,31)32/h3-6,9,11-13,38H,7-8,10H2,1-2H3. The van der Waals surface area contributed by atoms with Crippen LogP contribution < -0.4 is 15.5 Å². The number of likely N-dealkylation sites (N-methyl/N-ethyl adjacent to an activating group) is 1. The lowest BCUT2D eigenvalue weighted by atomic mass is 9.94. The van der Waals surface area contributed by atoms with Gasteiger partial charge >= 0.3 is 12.4 Å². The molecule has 7 nitrogen and oxygen atoms in total. The number of hydrogen-bond donors (Lipinski definition) is 1. The summed E-state index contributed by atoms with van der Waals surface area (Å²) >= 11 is 0.988. The number of amides is 1. The molecule has 5 rings (SSSR count). The molecule has 1 atom stereocenters. The Morgan fingerprint density at radius 3 is 2.52 bits per heavy atom. The quantitative estimate of drug-likeness (QED) is 0.473. The highest BCUT2D eigenvalue weighted by molar-refractivity contribution is 7.17. The Morgan fingerprint density at radius 1 is 1.07 bits per heavy atom. The summed E-state index contributed by atoms with van der Waals surface area (Å²) in [6.45, 7) is 2.50. The van der Waals surface area contributed by atoms with E-state index in [1.54, 1.807) is 42.0 Å². The van der Waals surface area contributed by atoms with E-state index in [1.165, 1.54) is 6.21 Å². The summed E-state index contributed by atoms with van der Waals surface area (Å²) in [5.41, 5.74) is -2.47. The summed E-state index contributed by atoms with van der Waals surface area (Å²) in [6, 6.07) is 5.73. The molecule has 3 aromatic rings. The molecular weight excluding hydrogens is 560 g/mol. The molecule has 0 spiro atoms. The lowest BCUT2D eigenvalue weighted by Gasteiger charge is -2.37. The second kappa shape index (κ2) is 9.91. The summed E-state index contributed by atoms with van der Waals surface area (Å²) in [5.74, 6) is -0.624. The highest BCUT2D eigenvalue weighted by Gasteiger charge is 2.38. The first kappa shape index (κ1) is 27.6. The predicted octanol–water partition coefficient (Wildman–Crippen LogP) is 3.96. The molecule has 1 unspecified atom stereocenters. The first-order chi connectivity index (χ1) is 18.7. The number of alkyl halides is 6. The van der Waals surface area contributed by atoms with Gasteiger partial charge in [-0.3, -0.25) is 4.79 Å². The maximum Gasteiger partial charge on any atom is 0.416 e. The molecule has 2 aliphatic heterocycles. The first-order valence-corrected chi connectivity index (χ1v) is 12.8. The van der Waals surface area contributed by atoms with Crippen LogP contribution in [0.1, 0.15) is 34.1 Å². The molecule has 40 heavy (non-hydrogen) atoms. The molecule has 3 heterocycles. The lowest BCUT2D eigenvalue weighted by molar-refractivity contribution is -0.143. The van der Waals surface area contributed by atoms with Gasteiger partial charge in [0.25, 0.3) is 0 Å². The maximum atomic E-state index is 14.0. The smallest absolute Gasteiger partial charge is 0.416 e. The number of hydrogen-bond acceptors (Lipinski definition) is 7. The van der Waals surface area contributed by atoms with Crippen molar-refractivity contribution in [2.75, 3.05) is 25.0 Å². The number of carbonyl (C=O) groups excluding carboxylic acids is 1. The molecule has 1 saturated heterocycles. The van der Waals surface area contributed by atoms with Gasteiger partial charge in [0, 0.05) is 32.1 Å². The number of piperazine rings is 1. The molecule has 210 valence electrons. The molecule has 0 aliphatic carbocycles. The van der Waals surface area contributed by atoms with E-state index in [4.69, 9.17) is 0 Å². The molecule has 1 fully saturated rings. The zero-order chi connectivity index (χ0) is 29.0. The van der Waals surface area contributed by atoms with Crippen molar-refractivity contribution in [3.63, 3.8) is 0 Å². The van der Waals surface area contributed by atoms with E-state index in [2.05, 4.69) is 15.2 Å². The van der Waals surface area contributed by atoms with Gasteiger partial charge in [0.15, 0.2) is 5.13 Å². The Balaban J connectivity index is 1.67. The molecule has 14 heteroatoms. The van der Waals surface area contributed by atoms with Crippen molar-refractivity contribution in [1.29, 1.82) is 0 Å². The fourth-order valence-corrected chi connectivity index (χ4v) is 5.79. The van der Waals surface area contributed by atoms with Crippen LogP contribution in [0.2, 0.25) is 0 Å². The fourth-order valence-electron chi connectivity index (χ4n) is 4.66. The van der Waals surface area contributed by atoms with Crippen LogP contribution in [0.5, 0.6) is 5.88 Å². The van der Waals surface area contributed by atoms with Gasteiger partial charge in [-0.25, -0.2) is 0 Å². The zero-order valence-electron chi connectivity index (χ0n) is 21.0. The number of anilines is 1. The summed E-state index contributed by atoms with van der Waals surface area (Å²) in [5, 5.41) is 19.9. The van der Waals surface area contributed by atoms with E-state index < -0.39 is 47.4 Å². The monoisotopic (exact) mass is 581 g/mol. The average Bonchev–Trinajstić information content (AvgIpc) is 3.50. The Kier molecular flexibility index (Phi) is 6.84. The minimum Gasteiger partial charge on any atom is -0.492 e. The normalized spacial score (nSPS) is 18.2. The van der Waals surface area contributed by atoms with Crippen LogP contribution in [0.25, 0.3) is 5.57 Å². The SMILES string of the molecule is CC1C(=O)N(C)CCN1c1nc(O)c(C(Cc2ccc(C(F)(F)F)cc2C(F)(F)F)=c2ccc3c(c2)C=NN=3)s1. The molecule has 2 aliphatic rings. The van der Waals surface area contributed by atoms with E-state index in [1.807, 2.05) is 0 Å². The highest BCUT2D eigenvalue weighted by atomic mass is 32.1. The van der Waals surface area contributed by atoms with Gasteiger partial charge < -0.3 is 14.9 Å². The number of fused-ring (bicyclic) bond motifs is 1. The number of carbonyl (C=O) groups is 1. The van der Waals surface area contributed by atoms with Gasteiger partial charge in [0.1, 0.15) is 6.04 Å². The topological polar surface area (TPSA) is 81.4 Å². The Hall–Kier alpha value is -3.94. The molecule has 1 N–H and O–H groups in total. The van der Waals surface area contributed by atoms with Crippen LogP contribution in [-0.2, 0) is 23.6 Å². The van der Waals surface area contributed by atoms with Crippen LogP contribution in [-0.4, -0.2) is 53.3 Å². The summed E-state index contributed by atoms with van der Waals surface area (Å²) in [6.07, 6.45) is -9.03. The van der Waals surface area contributed by atoms with Gasteiger partial charge in [-0.05, 0) is 47.5 Å². The van der Waals surface area contributed by atoms with Crippen LogP contribution in [0, 0.1) is 0 Å². The number of aromatic hydroxyl groups is 1. The summed E-state index contributed by atoms with van der Waals surface area (Å²) in [4.78, 5) is 20.1. The van der Waals surface area contributed by atoms with Crippen molar-refractivity contribution in [2.24, 2.45) is 10.2 Å². The van der Waals surface area contributed by atoms with Gasteiger partial charge in [0.2, 0.25) is 11.8 Å². The van der Waals surface area contributed by atoms with Crippen molar-refractivity contribution in [2.45, 2.75) is 31.7 Å². The van der Waals surface area contributed by atoms with Crippen LogP contribution in [0.3, 0.4) is 0 Å². The van der Waals surface area contributed by atoms with Crippen LogP contribution in [0.15, 0.2) is 46.6 Å². The average molecular weight is 582 g/mol. The molecule has 1 aromatic heterocycles. The predicted molar refractivity (Wildman–Crippen MR) is 136 cm³/mol. The number of aromatic nitrogens is 1. The van der Waals surface area contributed by atoms with Crippen molar-refractivity contribution in [1.82, 2.24) is 9.88 Å². The van der Waals surface area contributed by atoms with Crippen molar-refractivity contribution in [3.05, 3.63) is 74.1 Å². The Bertz CT molecular complexity index is 1650. The van der Waals surface area contributed by atoms with Gasteiger partial charge in [0.05, 0.1) is 27.6 Å². The molecular formula is C26H21F6N5O2S. The third-order valence-electron chi connectivity index (χ3n) is 6.84. The van der Waals surface area contributed by atoms with Gasteiger partial charge in [-0.1, -0.05) is 23.5 Å². The number of nitrogens with zero attached hydrogens (tertiary/aromatic N) is 5. The van der Waals surface area contributed by atoms with E-state index >= 15 is 0 Å². The fraction of sp³-hybridized carbons (Fsp3) is 0.308. The van der Waals surface area contributed by atoms with E-state index in [9.17, 15) is 36.2 Å². The number of rotatable bonds is 4. The van der Waals surface area contributed by atoms with Gasteiger partial charge in [-0.2, -0.15) is 41.5 Å². The minimum absolute atomic E-state index is 0.0939. The summed E-state index contributed by atoms with van der Waals surface area (Å²) < 4.78 is 81.7. The second-order valence-corrected chi connectivity index (χ2v) is 10.4. The lowest BCUT2D eigenvalue weighted by Crippen LogP contribution is -2.54. The van der Waals surface area contributed by atoms with Gasteiger partial charge in [-0.15, -0.1) is 0 Å². The van der Waals surface area contributed by atoms with Crippen LogP contribution in [0.4, 0.5) is 31.5 Å². The number of benzene rings is 2. The van der Waals surface area contributed by atoms with E-state index in [-0.39, 0.29) is 22.4 Å². The van der Waals surface area contributed by atoms with E-state index in [0.29, 0.717) is 40.4 Å². The minimum atomic E-state index is -5.07. The third kappa shape index (κ3) is 5.15. The third-order valence-corrected chi connectivity index (χ3v) is 7.98. The zero-order valence-corrected chi connectivity index (χ0v) is 21.8. The molecule has 1 amide bonds. The number of halogens is 6. The van der Waals surface area contributed by atoms with Crippen molar-refractivity contribution >= 4 is 34.2 Å². The summed E-state index contributed by atoms with van der Waals surface area (Å²) in [7, 11) is 1.67. The number of thiazole rings is 1.